The number of rotatable bonds is 6. The van der Waals surface area contributed by atoms with Crippen molar-refractivity contribution in [2.75, 3.05) is 6.61 Å². The summed E-state index contributed by atoms with van der Waals surface area (Å²) in [7, 11) is 0. The lowest BCUT2D eigenvalue weighted by Gasteiger charge is -2.00. The second-order valence-electron chi connectivity index (χ2n) is 4.97. The van der Waals surface area contributed by atoms with Gasteiger partial charge in [0.25, 0.3) is 5.69 Å². The summed E-state index contributed by atoms with van der Waals surface area (Å²) in [5, 5.41) is 25.4. The van der Waals surface area contributed by atoms with Gasteiger partial charge in [-0.25, -0.2) is 4.79 Å². The molecule has 2 heterocycles. The number of nitrogens with zero attached hydrogens (tertiary/aromatic N) is 4. The zero-order chi connectivity index (χ0) is 18.5. The van der Waals surface area contributed by atoms with Crippen molar-refractivity contribution in [3.8, 4) is 11.5 Å². The number of carbonyl (C=O) groups is 1. The zero-order valence-electron chi connectivity index (χ0n) is 13.6. The van der Waals surface area contributed by atoms with Crippen LogP contribution in [0.5, 0.6) is 0 Å². The molecule has 0 atom stereocenters. The first-order chi connectivity index (χ1) is 12.6. The molecular formula is C16H13N5O5. The molecule has 0 bridgehead atoms. The lowest BCUT2D eigenvalue weighted by molar-refractivity contribution is -0.384. The number of hydrogen-bond acceptors (Lipinski definition) is 8. The summed E-state index contributed by atoms with van der Waals surface area (Å²) in [4.78, 5) is 22.3. The summed E-state index contributed by atoms with van der Waals surface area (Å²) in [5.74, 6) is -0.232. The van der Waals surface area contributed by atoms with Crippen molar-refractivity contribution in [2.24, 2.45) is 10.2 Å². The van der Waals surface area contributed by atoms with Crippen molar-refractivity contribution in [1.82, 2.24) is 10.2 Å². The van der Waals surface area contributed by atoms with E-state index in [1.54, 1.807) is 19.1 Å². The van der Waals surface area contributed by atoms with Gasteiger partial charge in [-0.3, -0.25) is 15.2 Å². The van der Waals surface area contributed by atoms with Gasteiger partial charge in [0.15, 0.2) is 17.1 Å². The SMILES string of the molecule is CCOC(=O)c1[nH]nc(-c2ccco2)c1N=Nc1ccc([N+](=O)[O-])cc1. The molecular weight excluding hydrogens is 342 g/mol. The third-order valence-corrected chi connectivity index (χ3v) is 3.30. The molecule has 1 aromatic carbocycles. The first-order valence-electron chi connectivity index (χ1n) is 7.55. The molecule has 0 aliphatic heterocycles. The van der Waals surface area contributed by atoms with Crippen molar-refractivity contribution in [2.45, 2.75) is 6.92 Å². The Morgan fingerprint density at radius 2 is 2.08 bits per heavy atom. The summed E-state index contributed by atoms with van der Waals surface area (Å²) in [6.07, 6.45) is 1.46. The molecule has 0 aliphatic carbocycles. The average Bonchev–Trinajstić information content (AvgIpc) is 3.29. The van der Waals surface area contributed by atoms with E-state index in [9.17, 15) is 14.9 Å². The third kappa shape index (κ3) is 3.48. The molecule has 0 unspecified atom stereocenters. The lowest BCUT2D eigenvalue weighted by Crippen LogP contribution is -2.05. The number of ether oxygens (including phenoxy) is 1. The van der Waals surface area contributed by atoms with Crippen LogP contribution in [0.2, 0.25) is 0 Å². The van der Waals surface area contributed by atoms with Crippen LogP contribution in [0.25, 0.3) is 11.5 Å². The monoisotopic (exact) mass is 355 g/mol. The number of esters is 1. The van der Waals surface area contributed by atoms with Crippen LogP contribution in [0, 0.1) is 10.1 Å². The molecule has 3 aromatic rings. The first-order valence-corrected chi connectivity index (χ1v) is 7.55. The van der Waals surface area contributed by atoms with E-state index >= 15 is 0 Å². The highest BCUT2D eigenvalue weighted by Gasteiger charge is 2.23. The molecule has 0 saturated carbocycles. The number of benzene rings is 1. The molecule has 10 nitrogen and oxygen atoms in total. The minimum Gasteiger partial charge on any atom is -0.463 e. The summed E-state index contributed by atoms with van der Waals surface area (Å²) in [5.41, 5.74) is 0.789. The second-order valence-corrected chi connectivity index (χ2v) is 4.97. The minimum absolute atomic E-state index is 0.0314. The molecule has 0 saturated heterocycles. The summed E-state index contributed by atoms with van der Waals surface area (Å²) in [6, 6.07) is 8.84. The largest absolute Gasteiger partial charge is 0.463 e. The van der Waals surface area contributed by atoms with Gasteiger partial charge in [0.2, 0.25) is 0 Å². The van der Waals surface area contributed by atoms with Crippen molar-refractivity contribution >= 4 is 23.0 Å². The van der Waals surface area contributed by atoms with Gasteiger partial charge >= 0.3 is 5.97 Å². The van der Waals surface area contributed by atoms with Gasteiger partial charge in [-0.05, 0) is 31.2 Å². The fraction of sp³-hybridized carbons (Fsp3) is 0.125. The molecule has 1 N–H and O–H groups in total. The summed E-state index contributed by atoms with van der Waals surface area (Å²) < 4.78 is 10.3. The average molecular weight is 355 g/mol. The second kappa shape index (κ2) is 7.38. The Morgan fingerprint density at radius 3 is 2.69 bits per heavy atom. The Labute approximate surface area is 146 Å². The topological polar surface area (TPSA) is 136 Å². The number of H-pyrrole nitrogens is 1. The predicted octanol–water partition coefficient (Wildman–Crippen LogP) is 4.17. The van der Waals surface area contributed by atoms with Crippen LogP contribution >= 0.6 is 0 Å². The quantitative estimate of drug-likeness (QED) is 0.305. The van der Waals surface area contributed by atoms with Crippen LogP contribution in [0.15, 0.2) is 57.3 Å². The molecule has 0 amide bonds. The van der Waals surface area contributed by atoms with Gasteiger partial charge < -0.3 is 9.15 Å². The number of nitro groups is 1. The minimum atomic E-state index is -0.629. The number of carbonyl (C=O) groups excluding carboxylic acids is 1. The third-order valence-electron chi connectivity index (χ3n) is 3.30. The number of aromatic amines is 1. The highest BCUT2D eigenvalue weighted by Crippen LogP contribution is 2.33. The smallest absolute Gasteiger partial charge is 0.358 e. The molecule has 2 aromatic heterocycles. The van der Waals surface area contributed by atoms with Crippen LogP contribution in [0.1, 0.15) is 17.4 Å². The van der Waals surface area contributed by atoms with Crippen molar-refractivity contribution in [3.63, 3.8) is 0 Å². The van der Waals surface area contributed by atoms with Crippen LogP contribution in [0.4, 0.5) is 17.1 Å². The van der Waals surface area contributed by atoms with Crippen molar-refractivity contribution in [1.29, 1.82) is 0 Å². The maximum Gasteiger partial charge on any atom is 0.358 e. The number of nitro benzene ring substituents is 1. The molecule has 132 valence electrons. The maximum absolute atomic E-state index is 12.1. The van der Waals surface area contributed by atoms with Gasteiger partial charge in [0.05, 0.1) is 23.5 Å². The van der Waals surface area contributed by atoms with Gasteiger partial charge in [0, 0.05) is 12.1 Å². The first kappa shape index (κ1) is 17.0. The van der Waals surface area contributed by atoms with E-state index in [0.29, 0.717) is 17.1 Å². The molecule has 0 fully saturated rings. The molecule has 0 spiro atoms. The van der Waals surface area contributed by atoms with Gasteiger partial charge in [0.1, 0.15) is 5.69 Å². The van der Waals surface area contributed by atoms with Crippen molar-refractivity contribution < 1.29 is 18.9 Å². The summed E-state index contributed by atoms with van der Waals surface area (Å²) >= 11 is 0. The maximum atomic E-state index is 12.1. The van der Waals surface area contributed by atoms with Gasteiger partial charge in [-0.1, -0.05) is 0 Å². The highest BCUT2D eigenvalue weighted by atomic mass is 16.6. The van der Waals surface area contributed by atoms with Crippen LogP contribution in [-0.4, -0.2) is 27.7 Å². The molecule has 26 heavy (non-hydrogen) atoms. The van der Waals surface area contributed by atoms with E-state index in [1.807, 2.05) is 0 Å². The Hall–Kier alpha value is -3.82. The molecule has 10 heteroatoms. The van der Waals surface area contributed by atoms with Gasteiger partial charge in [-0.2, -0.15) is 10.2 Å². The van der Waals surface area contributed by atoms with Crippen LogP contribution < -0.4 is 0 Å². The number of nitrogens with one attached hydrogen (secondary N) is 1. The number of non-ortho nitro benzene ring substituents is 1. The molecule has 0 aliphatic rings. The number of hydrogen-bond donors (Lipinski definition) is 1. The highest BCUT2D eigenvalue weighted by molar-refractivity contribution is 5.96. The van der Waals surface area contributed by atoms with E-state index in [2.05, 4.69) is 20.4 Å². The Kier molecular flexibility index (Phi) is 4.83. The van der Waals surface area contributed by atoms with Crippen LogP contribution in [0.3, 0.4) is 0 Å². The number of furan rings is 1. The normalized spacial score (nSPS) is 11.0. The fourth-order valence-corrected chi connectivity index (χ4v) is 2.11. The van der Waals surface area contributed by atoms with E-state index in [0.717, 1.165) is 0 Å². The zero-order valence-corrected chi connectivity index (χ0v) is 13.6. The van der Waals surface area contributed by atoms with E-state index in [-0.39, 0.29) is 23.7 Å². The Bertz CT molecular complexity index is 944. The number of azo groups is 1. The van der Waals surface area contributed by atoms with Gasteiger partial charge in [-0.15, -0.1) is 5.11 Å². The predicted molar refractivity (Wildman–Crippen MR) is 89.5 cm³/mol. The molecule has 0 radical (unpaired) electrons. The Morgan fingerprint density at radius 1 is 1.31 bits per heavy atom. The number of aromatic nitrogens is 2. The van der Waals surface area contributed by atoms with E-state index in [1.165, 1.54) is 30.5 Å². The molecule has 3 rings (SSSR count). The van der Waals surface area contributed by atoms with E-state index in [4.69, 9.17) is 9.15 Å². The fourth-order valence-electron chi connectivity index (χ4n) is 2.11. The lowest BCUT2D eigenvalue weighted by atomic mass is 10.2. The summed E-state index contributed by atoms with van der Waals surface area (Å²) in [6.45, 7) is 1.87. The van der Waals surface area contributed by atoms with E-state index < -0.39 is 10.9 Å². The standard InChI is InChI=1S/C16H13N5O5/c1-2-25-16(22)15-14(13(18-20-15)12-4-3-9-26-12)19-17-10-5-7-11(8-6-10)21(23)24/h3-9H,2H2,1H3,(H,18,20). The Balaban J connectivity index is 1.97. The van der Waals surface area contributed by atoms with Crippen molar-refractivity contribution in [3.05, 3.63) is 58.5 Å². The van der Waals surface area contributed by atoms with Crippen LogP contribution in [-0.2, 0) is 4.74 Å².